The molecule has 0 bridgehead atoms. The second kappa shape index (κ2) is 6.31. The van der Waals surface area contributed by atoms with Gasteiger partial charge in [0.25, 0.3) is 0 Å². The molecule has 1 saturated heterocycles. The summed E-state index contributed by atoms with van der Waals surface area (Å²) in [7, 11) is 0. The van der Waals surface area contributed by atoms with Gasteiger partial charge in [0, 0.05) is 25.2 Å². The van der Waals surface area contributed by atoms with Gasteiger partial charge in [-0.2, -0.15) is 0 Å². The highest BCUT2D eigenvalue weighted by atomic mass is 19.1. The Morgan fingerprint density at radius 3 is 2.85 bits per heavy atom. The van der Waals surface area contributed by atoms with Gasteiger partial charge in [0.1, 0.15) is 11.6 Å². The predicted octanol–water partition coefficient (Wildman–Crippen LogP) is 2.09. The Labute approximate surface area is 117 Å². The van der Waals surface area contributed by atoms with Crippen LogP contribution in [0.4, 0.5) is 8.78 Å². The molecule has 1 aliphatic heterocycles. The van der Waals surface area contributed by atoms with E-state index in [0.717, 1.165) is 18.9 Å². The smallest absolute Gasteiger partial charge is 0.227 e. The lowest BCUT2D eigenvalue weighted by atomic mass is 9.90. The molecule has 2 N–H and O–H groups in total. The topological polar surface area (TPSA) is 46.3 Å². The average molecular weight is 282 g/mol. The maximum Gasteiger partial charge on any atom is 0.227 e. The number of nitrogens with two attached hydrogens (primary N) is 1. The Kier molecular flexibility index (Phi) is 4.70. The lowest BCUT2D eigenvalue weighted by Gasteiger charge is -2.36. The molecule has 1 aliphatic rings. The largest absolute Gasteiger partial charge is 0.342 e. The average Bonchev–Trinajstić information content (AvgIpc) is 2.42. The third kappa shape index (κ3) is 3.33. The summed E-state index contributed by atoms with van der Waals surface area (Å²) in [4.78, 5) is 13.9. The van der Waals surface area contributed by atoms with Gasteiger partial charge in [-0.05, 0) is 24.0 Å². The second-order valence-corrected chi connectivity index (χ2v) is 5.37. The van der Waals surface area contributed by atoms with Gasteiger partial charge >= 0.3 is 0 Å². The van der Waals surface area contributed by atoms with E-state index in [-0.39, 0.29) is 23.9 Å². The third-order valence-corrected chi connectivity index (χ3v) is 4.03. The van der Waals surface area contributed by atoms with Crippen molar-refractivity contribution in [3.8, 4) is 0 Å². The van der Waals surface area contributed by atoms with Gasteiger partial charge in [0.2, 0.25) is 5.91 Å². The fraction of sp³-hybridized carbons (Fsp3) is 0.533. The van der Waals surface area contributed by atoms with Crippen molar-refractivity contribution >= 4 is 5.91 Å². The Morgan fingerprint density at radius 1 is 1.45 bits per heavy atom. The molecule has 0 spiro atoms. The quantitative estimate of drug-likeness (QED) is 0.922. The van der Waals surface area contributed by atoms with E-state index >= 15 is 0 Å². The summed E-state index contributed by atoms with van der Waals surface area (Å²) in [5.74, 6) is -1.13. The number of benzene rings is 1. The lowest BCUT2D eigenvalue weighted by Crippen LogP contribution is -2.49. The second-order valence-electron chi connectivity index (χ2n) is 5.37. The van der Waals surface area contributed by atoms with E-state index in [0.29, 0.717) is 19.0 Å². The molecule has 0 saturated carbocycles. The highest BCUT2D eigenvalue weighted by molar-refractivity contribution is 5.79. The zero-order valence-corrected chi connectivity index (χ0v) is 11.6. The molecule has 1 aromatic rings. The van der Waals surface area contributed by atoms with Gasteiger partial charge in [0.05, 0.1) is 6.42 Å². The standard InChI is InChI=1S/C15H20F2N2O/c1-2-10-9-19(6-5-14(10)18)15(20)7-11-3-4-12(16)8-13(11)17/h3-4,8,10,14H,2,5-7,9,18H2,1H3. The van der Waals surface area contributed by atoms with Crippen molar-refractivity contribution in [2.75, 3.05) is 13.1 Å². The number of likely N-dealkylation sites (tertiary alicyclic amines) is 1. The van der Waals surface area contributed by atoms with Gasteiger partial charge in [0.15, 0.2) is 0 Å². The van der Waals surface area contributed by atoms with E-state index in [2.05, 4.69) is 6.92 Å². The molecule has 2 atom stereocenters. The van der Waals surface area contributed by atoms with E-state index in [1.807, 2.05) is 0 Å². The molecule has 2 rings (SSSR count). The molecule has 1 aromatic carbocycles. The summed E-state index contributed by atoms with van der Waals surface area (Å²) in [6.45, 7) is 3.29. The highest BCUT2D eigenvalue weighted by Gasteiger charge is 2.28. The van der Waals surface area contributed by atoms with Gasteiger partial charge in [-0.3, -0.25) is 4.79 Å². The van der Waals surface area contributed by atoms with Crippen molar-refractivity contribution in [2.24, 2.45) is 11.7 Å². The summed E-state index contributed by atoms with van der Waals surface area (Å²) in [5, 5.41) is 0. The molecule has 2 unspecified atom stereocenters. The van der Waals surface area contributed by atoms with E-state index in [9.17, 15) is 13.6 Å². The van der Waals surface area contributed by atoms with Crippen molar-refractivity contribution in [3.05, 3.63) is 35.4 Å². The summed E-state index contributed by atoms with van der Waals surface area (Å²) in [6, 6.07) is 3.44. The van der Waals surface area contributed by atoms with Crippen LogP contribution in [0.2, 0.25) is 0 Å². The Bertz CT molecular complexity index is 493. The lowest BCUT2D eigenvalue weighted by molar-refractivity contribution is -0.132. The summed E-state index contributed by atoms with van der Waals surface area (Å²) >= 11 is 0. The molecule has 1 fully saturated rings. The van der Waals surface area contributed by atoms with Crippen LogP contribution in [0.15, 0.2) is 18.2 Å². The number of nitrogens with zero attached hydrogens (tertiary/aromatic N) is 1. The SMILES string of the molecule is CCC1CN(C(=O)Cc2ccc(F)cc2F)CCC1N. The molecule has 0 aromatic heterocycles. The normalized spacial score (nSPS) is 22.9. The van der Waals surface area contributed by atoms with E-state index in [1.165, 1.54) is 12.1 Å². The Hall–Kier alpha value is -1.49. The van der Waals surface area contributed by atoms with Crippen LogP contribution in [0, 0.1) is 17.6 Å². The minimum atomic E-state index is -0.667. The number of carbonyl (C=O) groups excluding carboxylic acids is 1. The third-order valence-electron chi connectivity index (χ3n) is 4.03. The van der Waals surface area contributed by atoms with E-state index < -0.39 is 11.6 Å². The van der Waals surface area contributed by atoms with Crippen LogP contribution in [0.5, 0.6) is 0 Å². The molecule has 0 radical (unpaired) electrons. The van der Waals surface area contributed by atoms with Crippen molar-refractivity contribution in [2.45, 2.75) is 32.2 Å². The summed E-state index contributed by atoms with van der Waals surface area (Å²) in [6.07, 6.45) is 1.67. The Balaban J connectivity index is 2.01. The number of halogens is 2. The van der Waals surface area contributed by atoms with Crippen molar-refractivity contribution in [1.29, 1.82) is 0 Å². The molecule has 20 heavy (non-hydrogen) atoms. The van der Waals surface area contributed by atoms with Gasteiger partial charge in [-0.25, -0.2) is 8.78 Å². The number of hydrogen-bond acceptors (Lipinski definition) is 2. The summed E-state index contributed by atoms with van der Waals surface area (Å²) in [5.41, 5.74) is 6.24. The highest BCUT2D eigenvalue weighted by Crippen LogP contribution is 2.20. The first-order chi connectivity index (χ1) is 9.51. The van der Waals surface area contributed by atoms with Gasteiger partial charge < -0.3 is 10.6 Å². The number of rotatable bonds is 3. The van der Waals surface area contributed by atoms with Crippen molar-refractivity contribution < 1.29 is 13.6 Å². The van der Waals surface area contributed by atoms with Crippen LogP contribution < -0.4 is 5.73 Å². The van der Waals surface area contributed by atoms with Crippen LogP contribution >= 0.6 is 0 Å². The zero-order chi connectivity index (χ0) is 14.7. The monoisotopic (exact) mass is 282 g/mol. The van der Waals surface area contributed by atoms with Crippen LogP contribution in [0.25, 0.3) is 0 Å². The van der Waals surface area contributed by atoms with Crippen LogP contribution in [-0.2, 0) is 11.2 Å². The molecular formula is C15H20F2N2O. The number of piperidine rings is 1. The predicted molar refractivity (Wildman–Crippen MR) is 73.0 cm³/mol. The van der Waals surface area contributed by atoms with E-state index in [1.54, 1.807) is 4.90 Å². The van der Waals surface area contributed by atoms with Crippen LogP contribution in [-0.4, -0.2) is 29.9 Å². The number of hydrogen-bond donors (Lipinski definition) is 1. The van der Waals surface area contributed by atoms with Crippen LogP contribution in [0.3, 0.4) is 0 Å². The minimum Gasteiger partial charge on any atom is -0.342 e. The molecule has 0 aliphatic carbocycles. The molecule has 1 amide bonds. The van der Waals surface area contributed by atoms with Crippen molar-refractivity contribution in [3.63, 3.8) is 0 Å². The fourth-order valence-corrected chi connectivity index (χ4v) is 2.65. The summed E-state index contributed by atoms with van der Waals surface area (Å²) < 4.78 is 26.4. The molecule has 110 valence electrons. The maximum absolute atomic E-state index is 13.6. The Morgan fingerprint density at radius 2 is 2.20 bits per heavy atom. The molecule has 1 heterocycles. The first kappa shape index (κ1) is 14.9. The molecular weight excluding hydrogens is 262 g/mol. The number of amides is 1. The van der Waals surface area contributed by atoms with Crippen LogP contribution in [0.1, 0.15) is 25.3 Å². The molecule has 3 nitrogen and oxygen atoms in total. The maximum atomic E-state index is 13.6. The number of carbonyl (C=O) groups is 1. The minimum absolute atomic E-state index is 0.0300. The van der Waals surface area contributed by atoms with E-state index in [4.69, 9.17) is 5.73 Å². The molecule has 5 heteroatoms. The first-order valence-electron chi connectivity index (χ1n) is 6.98. The van der Waals surface area contributed by atoms with Gasteiger partial charge in [-0.1, -0.05) is 19.4 Å². The first-order valence-corrected chi connectivity index (χ1v) is 6.98. The zero-order valence-electron chi connectivity index (χ0n) is 11.6. The van der Waals surface area contributed by atoms with Crippen molar-refractivity contribution in [1.82, 2.24) is 4.90 Å². The van der Waals surface area contributed by atoms with Gasteiger partial charge in [-0.15, -0.1) is 0 Å². The fourth-order valence-electron chi connectivity index (χ4n) is 2.65.